The smallest absolute Gasteiger partial charge is 0.416 e. The van der Waals surface area contributed by atoms with Crippen LogP contribution in [0.15, 0.2) is 48.5 Å². The Hall–Kier alpha value is -2.54. The van der Waals surface area contributed by atoms with E-state index in [0.717, 1.165) is 18.2 Å². The molecule has 0 radical (unpaired) electrons. The summed E-state index contributed by atoms with van der Waals surface area (Å²) in [5.41, 5.74) is -0.312. The molecule has 0 aliphatic carbocycles. The Morgan fingerprint density at radius 2 is 1.77 bits per heavy atom. The molecule has 0 bridgehead atoms. The first-order chi connectivity index (χ1) is 12.1. The van der Waals surface area contributed by atoms with Gasteiger partial charge in [0.2, 0.25) is 5.91 Å². The summed E-state index contributed by atoms with van der Waals surface area (Å²) in [5, 5.41) is 13.8. The van der Waals surface area contributed by atoms with E-state index in [1.54, 1.807) is 24.3 Å². The van der Waals surface area contributed by atoms with Gasteiger partial charge in [-0.1, -0.05) is 29.8 Å². The topological polar surface area (TPSA) is 69.2 Å². The zero-order valence-corrected chi connectivity index (χ0v) is 14.1. The molecule has 0 aliphatic heterocycles. The lowest BCUT2D eigenvalue weighted by Crippen LogP contribution is -2.32. The van der Waals surface area contributed by atoms with Gasteiger partial charge in [-0.25, -0.2) is 0 Å². The fourth-order valence-corrected chi connectivity index (χ4v) is 2.51. The van der Waals surface area contributed by atoms with Gasteiger partial charge in [-0.3, -0.25) is 4.79 Å². The first-order valence-corrected chi connectivity index (χ1v) is 7.95. The number of hydrogen-bond donors (Lipinski definition) is 1. The molecule has 0 aliphatic rings. The minimum absolute atomic E-state index is 0.0655. The van der Waals surface area contributed by atoms with Crippen LogP contribution in [-0.2, 0) is 22.2 Å². The summed E-state index contributed by atoms with van der Waals surface area (Å²) < 4.78 is 38.2. The van der Waals surface area contributed by atoms with E-state index in [9.17, 15) is 27.9 Å². The van der Waals surface area contributed by atoms with Crippen LogP contribution in [0.4, 0.5) is 18.9 Å². The van der Waals surface area contributed by atoms with Gasteiger partial charge in [0, 0.05) is 22.6 Å². The molecule has 0 fully saturated rings. The molecule has 0 unspecified atom stereocenters. The number of aliphatic carboxylic acids is 1. The van der Waals surface area contributed by atoms with Crippen LogP contribution in [0.2, 0.25) is 5.02 Å². The van der Waals surface area contributed by atoms with Crippen molar-refractivity contribution in [3.05, 3.63) is 64.7 Å². The molecule has 26 heavy (non-hydrogen) atoms. The van der Waals surface area contributed by atoms with E-state index in [1.165, 1.54) is 6.07 Å². The highest BCUT2D eigenvalue weighted by Gasteiger charge is 2.30. The molecule has 2 aromatic carbocycles. The Balaban J connectivity index is 2.16. The number of carbonyl (C=O) groups excluding carboxylic acids is 2. The summed E-state index contributed by atoms with van der Waals surface area (Å²) in [5.74, 6) is -3.14. The second-order valence-corrected chi connectivity index (χ2v) is 6.11. The lowest BCUT2D eigenvalue weighted by molar-refractivity contribution is -0.306. The van der Waals surface area contributed by atoms with E-state index in [1.807, 2.05) is 0 Å². The summed E-state index contributed by atoms with van der Waals surface area (Å²) in [6.45, 7) is 0. The third-order valence-electron chi connectivity index (χ3n) is 3.64. The van der Waals surface area contributed by atoms with Crippen molar-refractivity contribution in [3.63, 3.8) is 0 Å². The molecule has 8 heteroatoms. The Morgan fingerprint density at radius 1 is 1.12 bits per heavy atom. The number of anilines is 1. The van der Waals surface area contributed by atoms with Crippen molar-refractivity contribution in [2.45, 2.75) is 19.0 Å². The van der Waals surface area contributed by atoms with Gasteiger partial charge in [-0.2, -0.15) is 13.2 Å². The number of amides is 1. The molecular formula is C18H14ClF3NO3-. The molecule has 2 aromatic rings. The number of benzene rings is 2. The lowest BCUT2D eigenvalue weighted by atomic mass is 9.95. The van der Waals surface area contributed by atoms with E-state index >= 15 is 0 Å². The SMILES string of the molecule is O=C([O-])C[C@@H](Cc1ccc(Cl)cc1)C(=O)Nc1cccc(C(F)(F)F)c1. The summed E-state index contributed by atoms with van der Waals surface area (Å²) in [6, 6.07) is 10.6. The minimum Gasteiger partial charge on any atom is -0.550 e. The number of carboxylic acid groups (broad SMARTS) is 1. The molecule has 0 saturated carbocycles. The lowest BCUT2D eigenvalue weighted by Gasteiger charge is -2.18. The van der Waals surface area contributed by atoms with Crippen molar-refractivity contribution >= 4 is 29.2 Å². The van der Waals surface area contributed by atoms with Crippen molar-refractivity contribution < 1.29 is 27.9 Å². The zero-order valence-electron chi connectivity index (χ0n) is 13.3. The Bertz CT molecular complexity index is 791. The van der Waals surface area contributed by atoms with Crippen LogP contribution >= 0.6 is 11.6 Å². The van der Waals surface area contributed by atoms with Crippen molar-refractivity contribution in [1.82, 2.24) is 0 Å². The maximum absolute atomic E-state index is 12.7. The Labute approximate surface area is 152 Å². The van der Waals surface area contributed by atoms with Crippen LogP contribution in [0, 0.1) is 5.92 Å². The molecular weight excluding hydrogens is 371 g/mol. The molecule has 0 spiro atoms. The van der Waals surface area contributed by atoms with Crippen molar-refractivity contribution in [2.75, 3.05) is 5.32 Å². The molecule has 0 aromatic heterocycles. The second kappa shape index (κ2) is 8.23. The van der Waals surface area contributed by atoms with E-state index < -0.39 is 36.0 Å². The van der Waals surface area contributed by atoms with Gasteiger partial charge >= 0.3 is 6.18 Å². The highest BCUT2D eigenvalue weighted by Crippen LogP contribution is 2.30. The predicted octanol–water partition coefficient (Wildman–Crippen LogP) is 3.30. The monoisotopic (exact) mass is 384 g/mol. The van der Waals surface area contributed by atoms with E-state index in [4.69, 9.17) is 11.6 Å². The molecule has 1 amide bonds. The maximum Gasteiger partial charge on any atom is 0.416 e. The molecule has 0 saturated heterocycles. The highest BCUT2D eigenvalue weighted by atomic mass is 35.5. The second-order valence-electron chi connectivity index (χ2n) is 5.67. The van der Waals surface area contributed by atoms with Crippen molar-refractivity contribution in [1.29, 1.82) is 0 Å². The van der Waals surface area contributed by atoms with Crippen LogP contribution in [0.25, 0.3) is 0 Å². The molecule has 4 nitrogen and oxygen atoms in total. The minimum atomic E-state index is -4.55. The van der Waals surface area contributed by atoms with Crippen LogP contribution in [0.1, 0.15) is 17.5 Å². The number of nitrogens with one attached hydrogen (secondary N) is 1. The fourth-order valence-electron chi connectivity index (χ4n) is 2.38. The highest BCUT2D eigenvalue weighted by molar-refractivity contribution is 6.30. The molecule has 2 rings (SSSR count). The first-order valence-electron chi connectivity index (χ1n) is 7.57. The number of rotatable bonds is 6. The largest absolute Gasteiger partial charge is 0.550 e. The zero-order chi connectivity index (χ0) is 19.3. The Morgan fingerprint density at radius 3 is 2.35 bits per heavy atom. The molecule has 138 valence electrons. The third-order valence-corrected chi connectivity index (χ3v) is 3.89. The van der Waals surface area contributed by atoms with Gasteiger partial charge in [0.25, 0.3) is 0 Å². The van der Waals surface area contributed by atoms with Gasteiger partial charge < -0.3 is 15.2 Å². The predicted molar refractivity (Wildman–Crippen MR) is 88.3 cm³/mol. The summed E-state index contributed by atoms with van der Waals surface area (Å²) >= 11 is 5.78. The van der Waals surface area contributed by atoms with E-state index in [-0.39, 0.29) is 12.1 Å². The Kier molecular flexibility index (Phi) is 6.26. The maximum atomic E-state index is 12.7. The van der Waals surface area contributed by atoms with Gasteiger partial charge in [-0.15, -0.1) is 0 Å². The quantitative estimate of drug-likeness (QED) is 0.830. The average Bonchev–Trinajstić information content (AvgIpc) is 2.55. The summed E-state index contributed by atoms with van der Waals surface area (Å²) in [6.07, 6.45) is -5.03. The van der Waals surface area contributed by atoms with Gasteiger partial charge in [0.1, 0.15) is 0 Å². The van der Waals surface area contributed by atoms with E-state index in [0.29, 0.717) is 10.6 Å². The first kappa shape index (κ1) is 19.8. The number of halogens is 4. The average molecular weight is 385 g/mol. The molecule has 1 N–H and O–H groups in total. The molecule has 1 atom stereocenters. The van der Waals surface area contributed by atoms with Crippen LogP contribution in [0.5, 0.6) is 0 Å². The van der Waals surface area contributed by atoms with Crippen molar-refractivity contribution in [2.24, 2.45) is 5.92 Å². The van der Waals surface area contributed by atoms with Crippen LogP contribution in [-0.4, -0.2) is 11.9 Å². The normalized spacial score (nSPS) is 12.5. The number of alkyl halides is 3. The molecule has 0 heterocycles. The third kappa shape index (κ3) is 5.77. The number of carbonyl (C=O) groups is 2. The van der Waals surface area contributed by atoms with Gasteiger partial charge in [0.15, 0.2) is 0 Å². The van der Waals surface area contributed by atoms with Gasteiger partial charge in [-0.05, 0) is 48.7 Å². The van der Waals surface area contributed by atoms with Crippen molar-refractivity contribution in [3.8, 4) is 0 Å². The summed E-state index contributed by atoms with van der Waals surface area (Å²) in [4.78, 5) is 23.3. The van der Waals surface area contributed by atoms with Gasteiger partial charge in [0.05, 0.1) is 5.56 Å². The van der Waals surface area contributed by atoms with E-state index in [2.05, 4.69) is 5.32 Å². The number of hydrogen-bond acceptors (Lipinski definition) is 3. The van der Waals surface area contributed by atoms with Crippen LogP contribution < -0.4 is 10.4 Å². The fraction of sp³-hybridized carbons (Fsp3) is 0.222. The standard InChI is InChI=1S/C18H15ClF3NO3/c19-14-6-4-11(5-7-14)8-12(9-16(24)25)17(26)23-15-3-1-2-13(10-15)18(20,21)22/h1-7,10,12H,8-9H2,(H,23,26)(H,24,25)/p-1/t12-/m1/s1. The number of carboxylic acids is 1. The van der Waals surface area contributed by atoms with Crippen LogP contribution in [0.3, 0.4) is 0 Å². The summed E-state index contributed by atoms with van der Waals surface area (Å²) in [7, 11) is 0.